The number of fused-ring (bicyclic) bond motifs is 1. The van der Waals surface area contributed by atoms with Crippen LogP contribution in [-0.2, 0) is 0 Å². The summed E-state index contributed by atoms with van der Waals surface area (Å²) < 4.78 is 0. The van der Waals surface area contributed by atoms with E-state index < -0.39 is 0 Å². The van der Waals surface area contributed by atoms with Crippen LogP contribution in [0.3, 0.4) is 0 Å². The molecule has 0 spiro atoms. The molecule has 0 saturated carbocycles. The average Bonchev–Trinajstić information content (AvgIpc) is 3.11. The van der Waals surface area contributed by atoms with Gasteiger partial charge in [-0.25, -0.2) is 0 Å². The molecule has 1 aromatic rings. The van der Waals surface area contributed by atoms with Crippen molar-refractivity contribution in [2.45, 2.75) is 57.6 Å². The van der Waals surface area contributed by atoms with Gasteiger partial charge in [0.25, 0.3) is 0 Å². The van der Waals surface area contributed by atoms with Crippen molar-refractivity contribution in [3.63, 3.8) is 0 Å². The largest absolute Gasteiger partial charge is 0.118 e. The van der Waals surface area contributed by atoms with E-state index in [9.17, 15) is 0 Å². The van der Waals surface area contributed by atoms with E-state index >= 15 is 0 Å². The van der Waals surface area contributed by atoms with Gasteiger partial charge < -0.3 is 0 Å². The molecule has 3 rings (SSSR count). The van der Waals surface area contributed by atoms with Gasteiger partial charge in [0.15, 0.2) is 0 Å². The quantitative estimate of drug-likeness (QED) is 0.536. The van der Waals surface area contributed by atoms with Crippen molar-refractivity contribution >= 4 is 17.3 Å². The zero-order valence-corrected chi connectivity index (χ0v) is 14.6. The van der Waals surface area contributed by atoms with Gasteiger partial charge in [0, 0.05) is 10.2 Å². The molecule has 0 N–H and O–H groups in total. The Bertz CT molecular complexity index is 604. The normalized spacial score (nSPS) is 20.2. The number of hydrogen-bond donors (Lipinski definition) is 0. The van der Waals surface area contributed by atoms with Gasteiger partial charge in [0.1, 0.15) is 0 Å². The number of rotatable bonds is 7. The van der Waals surface area contributed by atoms with E-state index in [2.05, 4.69) is 68.1 Å². The highest BCUT2D eigenvalue weighted by Crippen LogP contribution is 2.51. The number of hydrogen-bond acceptors (Lipinski definition) is 1. The van der Waals surface area contributed by atoms with Crippen molar-refractivity contribution in [3.05, 3.63) is 64.1 Å². The molecule has 22 heavy (non-hydrogen) atoms. The van der Waals surface area contributed by atoms with Crippen LogP contribution >= 0.6 is 11.8 Å². The Hall–Kier alpha value is -1.21. The number of thioether (sulfide) groups is 1. The van der Waals surface area contributed by atoms with Gasteiger partial charge in [0.05, 0.1) is 0 Å². The van der Waals surface area contributed by atoms with Gasteiger partial charge in [-0.15, -0.1) is 11.8 Å². The highest BCUT2D eigenvalue weighted by atomic mass is 32.2. The number of benzene rings is 1. The van der Waals surface area contributed by atoms with Crippen LogP contribution in [0, 0.1) is 0 Å². The predicted molar refractivity (Wildman–Crippen MR) is 100.0 cm³/mol. The van der Waals surface area contributed by atoms with E-state index in [1.165, 1.54) is 55.2 Å². The molecule has 0 bridgehead atoms. The molecule has 0 saturated heterocycles. The molecule has 1 aliphatic heterocycles. The minimum atomic E-state index is 0.689. The first-order valence-electron chi connectivity index (χ1n) is 8.73. The molecule has 2 aliphatic rings. The van der Waals surface area contributed by atoms with Crippen molar-refractivity contribution in [2.24, 2.45) is 0 Å². The summed E-state index contributed by atoms with van der Waals surface area (Å²) in [6, 6.07) is 10.9. The topological polar surface area (TPSA) is 0 Å². The molecular weight excluding hydrogens is 284 g/mol. The van der Waals surface area contributed by atoms with Crippen LogP contribution in [0.25, 0.3) is 5.57 Å². The predicted octanol–water partition coefficient (Wildman–Crippen LogP) is 6.76. The van der Waals surface area contributed by atoms with Gasteiger partial charge in [-0.3, -0.25) is 0 Å². The molecular formula is C21H26S. The monoisotopic (exact) mass is 310 g/mol. The molecule has 0 fully saturated rings. The molecule has 0 radical (unpaired) electrons. The summed E-state index contributed by atoms with van der Waals surface area (Å²) in [5, 5.41) is 0.689. The fourth-order valence-corrected chi connectivity index (χ4v) is 4.65. The lowest BCUT2D eigenvalue weighted by molar-refractivity contribution is 0.740. The van der Waals surface area contributed by atoms with Crippen LogP contribution in [0.15, 0.2) is 58.5 Å². The molecule has 116 valence electrons. The molecule has 0 nitrogen and oxygen atoms in total. The Balaban J connectivity index is 1.88. The average molecular weight is 311 g/mol. The maximum atomic E-state index is 2.54. The summed E-state index contributed by atoms with van der Waals surface area (Å²) in [6.45, 7) is 4.57. The van der Waals surface area contributed by atoms with Gasteiger partial charge in [-0.05, 0) is 47.6 Å². The smallest absolute Gasteiger partial charge is 0.0284 e. The molecule has 0 amide bonds. The summed E-state index contributed by atoms with van der Waals surface area (Å²) in [5.74, 6) is 0. The summed E-state index contributed by atoms with van der Waals surface area (Å²) in [5.41, 5.74) is 5.92. The number of allylic oxidation sites excluding steroid dienone is 4. The fraction of sp³-hybridized carbons (Fsp3) is 0.429. The van der Waals surface area contributed by atoms with Crippen molar-refractivity contribution in [1.82, 2.24) is 0 Å². The standard InChI is InChI=1S/C21H26S/c1-3-5-10-17-14-19(16-11-8-7-9-12-16)20-15-18(13-6-4-2)22-21(17)20/h7-9,11-12,14-15,18H,3-6,10,13H2,1-2H3. The second-order valence-electron chi connectivity index (χ2n) is 6.26. The summed E-state index contributed by atoms with van der Waals surface area (Å²) in [4.78, 5) is 1.58. The third-order valence-electron chi connectivity index (χ3n) is 4.49. The van der Waals surface area contributed by atoms with Crippen LogP contribution in [0.2, 0.25) is 0 Å². The first-order chi connectivity index (χ1) is 10.8. The highest BCUT2D eigenvalue weighted by molar-refractivity contribution is 8.04. The zero-order valence-electron chi connectivity index (χ0n) is 13.8. The Labute approximate surface area is 139 Å². The Morgan fingerprint density at radius 3 is 2.45 bits per heavy atom. The molecule has 1 heteroatoms. The van der Waals surface area contributed by atoms with Crippen LogP contribution < -0.4 is 0 Å². The van der Waals surface area contributed by atoms with Crippen molar-refractivity contribution in [2.75, 3.05) is 0 Å². The fourth-order valence-electron chi connectivity index (χ4n) is 3.25. The summed E-state index contributed by atoms with van der Waals surface area (Å²) >= 11 is 2.11. The molecule has 1 atom stereocenters. The lowest BCUT2D eigenvalue weighted by Crippen LogP contribution is -1.94. The van der Waals surface area contributed by atoms with E-state index in [4.69, 9.17) is 0 Å². The summed E-state index contributed by atoms with van der Waals surface area (Å²) in [7, 11) is 0. The van der Waals surface area contributed by atoms with Crippen LogP contribution in [-0.4, -0.2) is 5.25 Å². The lowest BCUT2D eigenvalue weighted by atomic mass is 9.99. The maximum absolute atomic E-state index is 2.54. The summed E-state index contributed by atoms with van der Waals surface area (Å²) in [6.07, 6.45) is 12.7. The minimum Gasteiger partial charge on any atom is -0.118 e. The van der Waals surface area contributed by atoms with E-state index in [1.807, 2.05) is 0 Å². The Kier molecular flexibility index (Phi) is 5.25. The van der Waals surface area contributed by atoms with E-state index in [1.54, 1.807) is 10.5 Å². The van der Waals surface area contributed by atoms with Gasteiger partial charge in [-0.1, -0.05) is 69.5 Å². The molecule has 1 unspecified atom stereocenters. The van der Waals surface area contributed by atoms with E-state index in [0.717, 1.165) is 0 Å². The van der Waals surface area contributed by atoms with Crippen molar-refractivity contribution < 1.29 is 0 Å². The molecule has 0 aromatic heterocycles. The van der Waals surface area contributed by atoms with Gasteiger partial charge in [-0.2, -0.15) is 0 Å². The molecule has 1 aliphatic carbocycles. The maximum Gasteiger partial charge on any atom is 0.0284 e. The first kappa shape index (κ1) is 15.7. The zero-order chi connectivity index (χ0) is 15.4. The second-order valence-corrected chi connectivity index (χ2v) is 7.51. The van der Waals surface area contributed by atoms with Crippen LogP contribution in [0.5, 0.6) is 0 Å². The van der Waals surface area contributed by atoms with E-state index in [-0.39, 0.29) is 0 Å². The Morgan fingerprint density at radius 1 is 0.955 bits per heavy atom. The highest BCUT2D eigenvalue weighted by Gasteiger charge is 2.30. The van der Waals surface area contributed by atoms with Crippen LogP contribution in [0.4, 0.5) is 0 Å². The SMILES string of the molecule is CCCCC1=C2SC(CCCC)C=C2C(c2ccccc2)=C1. The van der Waals surface area contributed by atoms with E-state index in [0.29, 0.717) is 5.25 Å². The Morgan fingerprint density at radius 2 is 1.73 bits per heavy atom. The third kappa shape index (κ3) is 3.25. The van der Waals surface area contributed by atoms with Crippen molar-refractivity contribution in [1.29, 1.82) is 0 Å². The lowest BCUT2D eigenvalue weighted by Gasteiger charge is -2.07. The van der Waals surface area contributed by atoms with Gasteiger partial charge in [0.2, 0.25) is 0 Å². The van der Waals surface area contributed by atoms with Crippen molar-refractivity contribution in [3.8, 4) is 0 Å². The van der Waals surface area contributed by atoms with Crippen LogP contribution in [0.1, 0.15) is 57.9 Å². The first-order valence-corrected chi connectivity index (χ1v) is 9.61. The molecule has 1 aromatic carbocycles. The number of unbranched alkanes of at least 4 members (excludes halogenated alkanes) is 2. The molecule has 1 heterocycles. The van der Waals surface area contributed by atoms with Gasteiger partial charge >= 0.3 is 0 Å². The second kappa shape index (κ2) is 7.37. The minimum absolute atomic E-state index is 0.689. The third-order valence-corrected chi connectivity index (χ3v) is 5.89.